The molecular weight excluding hydrogens is 172 g/mol. The molecular formula is C13H20O. The van der Waals surface area contributed by atoms with Gasteiger partial charge in [-0.15, -0.1) is 0 Å². The van der Waals surface area contributed by atoms with E-state index >= 15 is 0 Å². The van der Waals surface area contributed by atoms with Crippen LogP contribution in [-0.4, -0.2) is 5.78 Å². The van der Waals surface area contributed by atoms with Gasteiger partial charge in [-0.3, -0.25) is 4.79 Å². The van der Waals surface area contributed by atoms with Crippen molar-refractivity contribution in [2.45, 2.75) is 40.0 Å². The van der Waals surface area contributed by atoms with Gasteiger partial charge in [-0.25, -0.2) is 0 Å². The van der Waals surface area contributed by atoms with Gasteiger partial charge in [-0.1, -0.05) is 25.2 Å². The SMILES string of the molecule is C=C1CCCC(C)C1(C)C(=O)/C=C/C. The Morgan fingerprint density at radius 1 is 1.64 bits per heavy atom. The lowest BCUT2D eigenvalue weighted by atomic mass is 9.63. The summed E-state index contributed by atoms with van der Waals surface area (Å²) in [5, 5.41) is 0. The number of carbonyl (C=O) groups is 1. The fourth-order valence-corrected chi connectivity index (χ4v) is 2.26. The monoisotopic (exact) mass is 192 g/mol. The molecule has 0 saturated heterocycles. The molecule has 1 saturated carbocycles. The first-order valence-corrected chi connectivity index (χ1v) is 5.38. The molecule has 0 amide bonds. The van der Waals surface area contributed by atoms with Crippen LogP contribution in [0, 0.1) is 11.3 Å². The van der Waals surface area contributed by atoms with Gasteiger partial charge in [0.15, 0.2) is 5.78 Å². The van der Waals surface area contributed by atoms with Gasteiger partial charge in [0.1, 0.15) is 0 Å². The molecule has 0 bridgehead atoms. The second-order valence-corrected chi connectivity index (χ2v) is 4.46. The third-order valence-corrected chi connectivity index (χ3v) is 3.67. The molecule has 1 aliphatic carbocycles. The molecule has 1 aliphatic rings. The van der Waals surface area contributed by atoms with Crippen LogP contribution in [-0.2, 0) is 4.79 Å². The van der Waals surface area contributed by atoms with E-state index in [0.29, 0.717) is 5.92 Å². The third kappa shape index (κ3) is 1.68. The summed E-state index contributed by atoms with van der Waals surface area (Å²) in [5.41, 5.74) is 0.796. The summed E-state index contributed by atoms with van der Waals surface area (Å²) < 4.78 is 0. The van der Waals surface area contributed by atoms with Crippen LogP contribution < -0.4 is 0 Å². The minimum absolute atomic E-state index is 0.220. The summed E-state index contributed by atoms with van der Waals surface area (Å²) >= 11 is 0. The molecule has 14 heavy (non-hydrogen) atoms. The van der Waals surface area contributed by atoms with Crippen molar-refractivity contribution in [1.82, 2.24) is 0 Å². The maximum Gasteiger partial charge on any atom is 0.165 e. The minimum atomic E-state index is -0.315. The maximum atomic E-state index is 12.0. The first-order valence-electron chi connectivity index (χ1n) is 5.38. The van der Waals surface area contributed by atoms with Gasteiger partial charge in [0, 0.05) is 0 Å². The summed E-state index contributed by atoms with van der Waals surface area (Å²) in [7, 11) is 0. The molecule has 78 valence electrons. The number of hydrogen-bond donors (Lipinski definition) is 0. The highest BCUT2D eigenvalue weighted by Gasteiger charge is 2.41. The number of carbonyl (C=O) groups excluding carboxylic acids is 1. The lowest BCUT2D eigenvalue weighted by Gasteiger charge is -2.39. The Hall–Kier alpha value is -0.850. The number of hydrogen-bond acceptors (Lipinski definition) is 1. The van der Waals surface area contributed by atoms with Gasteiger partial charge in [0.05, 0.1) is 5.41 Å². The highest BCUT2D eigenvalue weighted by atomic mass is 16.1. The molecule has 0 aromatic rings. The average molecular weight is 192 g/mol. The summed E-state index contributed by atoms with van der Waals surface area (Å²) in [6.07, 6.45) is 6.83. The van der Waals surface area contributed by atoms with Crippen molar-refractivity contribution in [1.29, 1.82) is 0 Å². The van der Waals surface area contributed by atoms with Crippen LogP contribution >= 0.6 is 0 Å². The molecule has 1 nitrogen and oxygen atoms in total. The normalized spacial score (nSPS) is 33.6. The van der Waals surface area contributed by atoms with E-state index in [-0.39, 0.29) is 11.2 Å². The molecule has 1 fully saturated rings. The highest BCUT2D eigenvalue weighted by molar-refractivity contribution is 5.97. The van der Waals surface area contributed by atoms with E-state index in [1.165, 1.54) is 6.42 Å². The van der Waals surface area contributed by atoms with Crippen molar-refractivity contribution in [3.63, 3.8) is 0 Å². The van der Waals surface area contributed by atoms with Crippen LogP contribution in [0.4, 0.5) is 0 Å². The van der Waals surface area contributed by atoms with Gasteiger partial charge in [-0.2, -0.15) is 0 Å². The summed E-state index contributed by atoms with van der Waals surface area (Å²) in [6, 6.07) is 0. The van der Waals surface area contributed by atoms with Crippen LogP contribution in [0.15, 0.2) is 24.3 Å². The Morgan fingerprint density at radius 2 is 2.29 bits per heavy atom. The fraction of sp³-hybridized carbons (Fsp3) is 0.615. The van der Waals surface area contributed by atoms with Crippen LogP contribution in [0.5, 0.6) is 0 Å². The molecule has 1 rings (SSSR count). The molecule has 0 heterocycles. The van der Waals surface area contributed by atoms with Crippen molar-refractivity contribution in [3.05, 3.63) is 24.3 Å². The molecule has 2 unspecified atom stereocenters. The van der Waals surface area contributed by atoms with Crippen LogP contribution in [0.25, 0.3) is 0 Å². The van der Waals surface area contributed by atoms with E-state index in [2.05, 4.69) is 13.5 Å². The maximum absolute atomic E-state index is 12.0. The largest absolute Gasteiger partial charge is 0.294 e. The van der Waals surface area contributed by atoms with Crippen molar-refractivity contribution in [3.8, 4) is 0 Å². The molecule has 0 N–H and O–H groups in total. The molecule has 0 aliphatic heterocycles. The van der Waals surface area contributed by atoms with E-state index in [9.17, 15) is 4.79 Å². The zero-order valence-electron chi connectivity index (χ0n) is 9.47. The van der Waals surface area contributed by atoms with E-state index in [4.69, 9.17) is 0 Å². The Bertz CT molecular complexity index is 275. The first-order chi connectivity index (χ1) is 6.53. The van der Waals surface area contributed by atoms with Gasteiger partial charge in [-0.05, 0) is 45.1 Å². The predicted octanol–water partition coefficient (Wildman–Crippen LogP) is 3.51. The number of allylic oxidation sites excluding steroid dienone is 3. The minimum Gasteiger partial charge on any atom is -0.294 e. The molecule has 1 heteroatoms. The average Bonchev–Trinajstić information content (AvgIpc) is 2.14. The Balaban J connectivity index is 2.98. The van der Waals surface area contributed by atoms with Crippen molar-refractivity contribution in [2.24, 2.45) is 11.3 Å². The third-order valence-electron chi connectivity index (χ3n) is 3.67. The second-order valence-electron chi connectivity index (χ2n) is 4.46. The second kappa shape index (κ2) is 4.12. The van der Waals surface area contributed by atoms with E-state index in [1.807, 2.05) is 19.9 Å². The zero-order chi connectivity index (χ0) is 10.8. The van der Waals surface area contributed by atoms with Gasteiger partial charge < -0.3 is 0 Å². The van der Waals surface area contributed by atoms with Gasteiger partial charge in [0.2, 0.25) is 0 Å². The number of ketones is 1. The van der Waals surface area contributed by atoms with Crippen molar-refractivity contribution >= 4 is 5.78 Å². The zero-order valence-corrected chi connectivity index (χ0v) is 9.47. The van der Waals surface area contributed by atoms with E-state index in [1.54, 1.807) is 6.08 Å². The molecule has 0 radical (unpaired) electrons. The lowest BCUT2D eigenvalue weighted by Crippen LogP contribution is -2.37. The standard InChI is InChI=1S/C13H20O/c1-5-7-12(14)13(4)10(2)8-6-9-11(13)3/h5,7,11H,2,6,8-9H2,1,3-4H3/b7-5+. The van der Waals surface area contributed by atoms with Crippen molar-refractivity contribution in [2.75, 3.05) is 0 Å². The highest BCUT2D eigenvalue weighted by Crippen LogP contribution is 2.44. The van der Waals surface area contributed by atoms with E-state index in [0.717, 1.165) is 18.4 Å². The van der Waals surface area contributed by atoms with Crippen LogP contribution in [0.1, 0.15) is 40.0 Å². The summed E-state index contributed by atoms with van der Waals surface area (Å²) in [5.74, 6) is 0.643. The molecule has 0 spiro atoms. The Morgan fingerprint density at radius 3 is 2.79 bits per heavy atom. The Kier molecular flexibility index (Phi) is 3.30. The van der Waals surface area contributed by atoms with Crippen molar-refractivity contribution < 1.29 is 4.79 Å². The van der Waals surface area contributed by atoms with Crippen LogP contribution in [0.3, 0.4) is 0 Å². The quantitative estimate of drug-likeness (QED) is 0.483. The molecule has 0 aromatic heterocycles. The number of rotatable bonds is 2. The van der Waals surface area contributed by atoms with E-state index < -0.39 is 0 Å². The Labute approximate surface area is 86.9 Å². The smallest absolute Gasteiger partial charge is 0.165 e. The molecule has 0 aromatic carbocycles. The van der Waals surface area contributed by atoms with Gasteiger partial charge in [0.25, 0.3) is 0 Å². The first kappa shape index (κ1) is 11.2. The lowest BCUT2D eigenvalue weighted by molar-refractivity contribution is -0.124. The topological polar surface area (TPSA) is 17.1 Å². The summed E-state index contributed by atoms with van der Waals surface area (Å²) in [4.78, 5) is 12.0. The van der Waals surface area contributed by atoms with Gasteiger partial charge >= 0.3 is 0 Å². The summed E-state index contributed by atoms with van der Waals surface area (Å²) in [6.45, 7) is 10.2. The molecule has 2 atom stereocenters. The predicted molar refractivity (Wildman–Crippen MR) is 60.1 cm³/mol. The van der Waals surface area contributed by atoms with Crippen LogP contribution in [0.2, 0.25) is 0 Å². The fourth-order valence-electron chi connectivity index (χ4n) is 2.26.